The van der Waals surface area contributed by atoms with E-state index in [0.717, 1.165) is 0 Å². The second kappa shape index (κ2) is 5.72. The minimum absolute atomic E-state index is 0.167. The van der Waals surface area contributed by atoms with E-state index in [-0.39, 0.29) is 4.90 Å². The van der Waals surface area contributed by atoms with E-state index in [0.29, 0.717) is 17.6 Å². The third-order valence-corrected chi connectivity index (χ3v) is 4.25. The van der Waals surface area contributed by atoms with E-state index in [1.54, 1.807) is 0 Å². The van der Waals surface area contributed by atoms with Crippen LogP contribution in [0.15, 0.2) is 27.8 Å². The van der Waals surface area contributed by atoms with Crippen LogP contribution in [0.1, 0.15) is 0 Å². The molecule has 90 valence electrons. The van der Waals surface area contributed by atoms with Crippen LogP contribution in [-0.4, -0.2) is 45.0 Å². The third kappa shape index (κ3) is 3.24. The minimum atomic E-state index is -3.47. The van der Waals surface area contributed by atoms with Gasteiger partial charge in [-0.3, -0.25) is 4.98 Å². The first-order valence-electron chi connectivity index (χ1n) is 4.54. The summed E-state index contributed by atoms with van der Waals surface area (Å²) in [5, 5.41) is 0. The molecule has 0 aliphatic rings. The molecule has 1 rings (SSSR count). The summed E-state index contributed by atoms with van der Waals surface area (Å²) in [6, 6.07) is 1.52. The van der Waals surface area contributed by atoms with Crippen molar-refractivity contribution in [1.82, 2.24) is 9.29 Å². The molecule has 0 bridgehead atoms. The lowest BCUT2D eigenvalue weighted by Gasteiger charge is -2.16. The van der Waals surface area contributed by atoms with Crippen molar-refractivity contribution in [3.8, 4) is 0 Å². The van der Waals surface area contributed by atoms with Crippen LogP contribution < -0.4 is 0 Å². The van der Waals surface area contributed by atoms with Crippen LogP contribution in [-0.2, 0) is 14.8 Å². The fourth-order valence-corrected chi connectivity index (χ4v) is 2.71. The van der Waals surface area contributed by atoms with Gasteiger partial charge in [0.1, 0.15) is 4.90 Å². The fraction of sp³-hybridized carbons (Fsp3) is 0.444. The molecule has 7 heteroatoms. The summed E-state index contributed by atoms with van der Waals surface area (Å²) in [5.74, 6) is 0. The van der Waals surface area contributed by atoms with Crippen LogP contribution in [0.4, 0.5) is 0 Å². The van der Waals surface area contributed by atoms with Crippen molar-refractivity contribution in [2.75, 3.05) is 27.3 Å². The van der Waals surface area contributed by atoms with Gasteiger partial charge in [-0.1, -0.05) is 0 Å². The molecule has 0 atom stereocenters. The van der Waals surface area contributed by atoms with Crippen molar-refractivity contribution < 1.29 is 13.2 Å². The van der Waals surface area contributed by atoms with E-state index in [9.17, 15) is 8.42 Å². The van der Waals surface area contributed by atoms with Gasteiger partial charge in [0.2, 0.25) is 10.0 Å². The summed E-state index contributed by atoms with van der Waals surface area (Å²) in [4.78, 5) is 4.00. The molecule has 0 spiro atoms. The number of nitrogens with zero attached hydrogens (tertiary/aromatic N) is 2. The van der Waals surface area contributed by atoms with Crippen LogP contribution in [0, 0.1) is 0 Å². The molecule has 0 fully saturated rings. The Morgan fingerprint density at radius 2 is 2.19 bits per heavy atom. The fourth-order valence-electron chi connectivity index (χ4n) is 1.05. The van der Waals surface area contributed by atoms with Crippen molar-refractivity contribution >= 4 is 26.0 Å². The molecule has 0 aliphatic heterocycles. The molecular weight excluding hydrogens is 296 g/mol. The molecule has 0 radical (unpaired) electrons. The van der Waals surface area contributed by atoms with Gasteiger partial charge < -0.3 is 4.74 Å². The second-order valence-electron chi connectivity index (χ2n) is 3.16. The van der Waals surface area contributed by atoms with Gasteiger partial charge in [0.05, 0.1) is 6.61 Å². The lowest BCUT2D eigenvalue weighted by Crippen LogP contribution is -2.30. The highest BCUT2D eigenvalue weighted by atomic mass is 79.9. The zero-order valence-electron chi connectivity index (χ0n) is 9.05. The summed E-state index contributed by atoms with van der Waals surface area (Å²) >= 11 is 3.19. The molecule has 0 N–H and O–H groups in total. The zero-order chi connectivity index (χ0) is 12.2. The van der Waals surface area contributed by atoms with Gasteiger partial charge >= 0.3 is 0 Å². The first kappa shape index (κ1) is 13.6. The normalized spacial score (nSPS) is 12.0. The number of hydrogen-bond donors (Lipinski definition) is 0. The van der Waals surface area contributed by atoms with Crippen LogP contribution in [0.2, 0.25) is 0 Å². The van der Waals surface area contributed by atoms with Crippen LogP contribution in [0.5, 0.6) is 0 Å². The first-order valence-corrected chi connectivity index (χ1v) is 6.77. The second-order valence-corrected chi connectivity index (χ2v) is 6.12. The monoisotopic (exact) mass is 308 g/mol. The van der Waals surface area contributed by atoms with E-state index in [2.05, 4.69) is 20.9 Å². The average molecular weight is 309 g/mol. The van der Waals surface area contributed by atoms with Gasteiger partial charge in [0.25, 0.3) is 0 Å². The van der Waals surface area contributed by atoms with Crippen LogP contribution in [0.25, 0.3) is 0 Å². The summed E-state index contributed by atoms with van der Waals surface area (Å²) in [6.45, 7) is 0.669. The van der Waals surface area contributed by atoms with Gasteiger partial charge in [-0.05, 0) is 22.0 Å². The highest BCUT2D eigenvalue weighted by Crippen LogP contribution is 2.17. The highest BCUT2D eigenvalue weighted by Gasteiger charge is 2.20. The van der Waals surface area contributed by atoms with Crippen molar-refractivity contribution in [3.05, 3.63) is 22.9 Å². The Hall–Kier alpha value is -0.500. The van der Waals surface area contributed by atoms with Gasteiger partial charge in [0, 0.05) is 37.6 Å². The van der Waals surface area contributed by atoms with E-state index in [1.807, 2.05) is 0 Å². The number of methoxy groups -OCH3 is 1. The third-order valence-electron chi connectivity index (χ3n) is 2.00. The summed E-state index contributed by atoms with van der Waals surface area (Å²) in [7, 11) is -0.435. The molecular formula is C9H13BrN2O3S. The molecule has 1 heterocycles. The summed E-state index contributed by atoms with van der Waals surface area (Å²) in [5.41, 5.74) is 0. The summed E-state index contributed by atoms with van der Waals surface area (Å²) in [6.07, 6.45) is 2.86. The number of ether oxygens (including phenoxy) is 1. The number of pyridine rings is 1. The summed E-state index contributed by atoms with van der Waals surface area (Å²) < 4.78 is 30.7. The quantitative estimate of drug-likeness (QED) is 0.817. The zero-order valence-corrected chi connectivity index (χ0v) is 11.5. The smallest absolute Gasteiger partial charge is 0.244 e. The molecule has 16 heavy (non-hydrogen) atoms. The molecule has 1 aromatic heterocycles. The molecule has 0 amide bonds. The van der Waals surface area contributed by atoms with E-state index in [1.165, 1.54) is 36.9 Å². The molecule has 0 saturated carbocycles. The molecule has 0 saturated heterocycles. The van der Waals surface area contributed by atoms with E-state index >= 15 is 0 Å². The maximum absolute atomic E-state index is 12.0. The number of likely N-dealkylation sites (N-methyl/N-ethyl adjacent to an activating group) is 1. The average Bonchev–Trinajstić information content (AvgIpc) is 2.25. The van der Waals surface area contributed by atoms with Crippen molar-refractivity contribution in [1.29, 1.82) is 0 Å². The van der Waals surface area contributed by atoms with Gasteiger partial charge in [0.15, 0.2) is 0 Å². The highest BCUT2D eigenvalue weighted by molar-refractivity contribution is 9.10. The topological polar surface area (TPSA) is 59.5 Å². The maximum atomic E-state index is 12.0. The molecule has 5 nitrogen and oxygen atoms in total. The Morgan fingerprint density at radius 1 is 1.50 bits per heavy atom. The predicted molar refractivity (Wildman–Crippen MR) is 63.6 cm³/mol. The van der Waals surface area contributed by atoms with Gasteiger partial charge in [-0.2, -0.15) is 4.31 Å². The molecule has 0 unspecified atom stereocenters. The SMILES string of the molecule is COCCN(C)S(=O)(=O)c1cncc(Br)c1. The standard InChI is InChI=1S/C9H13BrN2O3S/c1-12(3-4-15-2)16(13,14)9-5-8(10)6-11-7-9/h5-7H,3-4H2,1-2H3. The lowest BCUT2D eigenvalue weighted by atomic mass is 10.5. The first-order chi connectivity index (χ1) is 7.48. The van der Waals surface area contributed by atoms with Gasteiger partial charge in [-0.25, -0.2) is 8.42 Å². The Balaban J connectivity index is 2.93. The van der Waals surface area contributed by atoms with Gasteiger partial charge in [-0.15, -0.1) is 0 Å². The van der Waals surface area contributed by atoms with E-state index in [4.69, 9.17) is 4.74 Å². The molecule has 1 aromatic rings. The Morgan fingerprint density at radius 3 is 2.75 bits per heavy atom. The number of halogens is 1. The largest absolute Gasteiger partial charge is 0.383 e. The maximum Gasteiger partial charge on any atom is 0.244 e. The van der Waals surface area contributed by atoms with Crippen molar-refractivity contribution in [3.63, 3.8) is 0 Å². The van der Waals surface area contributed by atoms with Crippen molar-refractivity contribution in [2.45, 2.75) is 4.90 Å². The van der Waals surface area contributed by atoms with Crippen molar-refractivity contribution in [2.24, 2.45) is 0 Å². The number of rotatable bonds is 5. The Bertz CT molecular complexity index is 450. The molecule has 0 aliphatic carbocycles. The lowest BCUT2D eigenvalue weighted by molar-refractivity contribution is 0.185. The number of hydrogen-bond acceptors (Lipinski definition) is 4. The Labute approximate surface area is 104 Å². The number of sulfonamides is 1. The Kier molecular flexibility index (Phi) is 4.85. The van der Waals surface area contributed by atoms with E-state index < -0.39 is 10.0 Å². The number of aromatic nitrogens is 1. The predicted octanol–water partition coefficient (Wildman–Crippen LogP) is 1.11. The van der Waals surface area contributed by atoms with Crippen LogP contribution >= 0.6 is 15.9 Å². The van der Waals surface area contributed by atoms with Crippen LogP contribution in [0.3, 0.4) is 0 Å². The minimum Gasteiger partial charge on any atom is -0.383 e. The molecule has 0 aromatic carbocycles.